The third-order valence-corrected chi connectivity index (χ3v) is 5.29. The molecule has 0 spiro atoms. The molecule has 0 saturated heterocycles. The molecule has 3 rings (SSSR count). The Bertz CT molecular complexity index is 1410. The highest BCUT2D eigenvalue weighted by atomic mass is 19.2. The van der Waals surface area contributed by atoms with Crippen LogP contribution in [-0.2, 0) is 25.5 Å². The molecule has 1 atom stereocenters. The topological polar surface area (TPSA) is 101 Å². The Labute approximate surface area is 211 Å². The van der Waals surface area contributed by atoms with Crippen LogP contribution in [0.3, 0.4) is 0 Å². The summed E-state index contributed by atoms with van der Waals surface area (Å²) in [6.45, 7) is 2.79. The number of halogens is 5. The van der Waals surface area contributed by atoms with Gasteiger partial charge < -0.3 is 23.4 Å². The summed E-state index contributed by atoms with van der Waals surface area (Å²) < 4.78 is 93.1. The zero-order valence-corrected chi connectivity index (χ0v) is 20.3. The molecule has 2 aromatic carbocycles. The van der Waals surface area contributed by atoms with Crippen LogP contribution in [0.25, 0.3) is 11.0 Å². The quantitative estimate of drug-likeness (QED) is 0.0709. The highest BCUT2D eigenvalue weighted by Gasteiger charge is 2.30. The van der Waals surface area contributed by atoms with Gasteiger partial charge in [0.1, 0.15) is 17.9 Å². The second-order valence-electron chi connectivity index (χ2n) is 8.00. The molecule has 13 heteroatoms. The second kappa shape index (κ2) is 12.0. The molecule has 1 unspecified atom stereocenters. The molecule has 0 bridgehead atoms. The largest absolute Gasteiger partial charge is 0.473 e. The van der Waals surface area contributed by atoms with Crippen molar-refractivity contribution in [3.63, 3.8) is 0 Å². The van der Waals surface area contributed by atoms with Crippen molar-refractivity contribution in [1.82, 2.24) is 0 Å². The first-order valence-corrected chi connectivity index (χ1v) is 11.1. The van der Waals surface area contributed by atoms with Gasteiger partial charge in [0.05, 0.1) is 6.61 Å². The van der Waals surface area contributed by atoms with Crippen molar-refractivity contribution in [2.75, 3.05) is 20.3 Å². The van der Waals surface area contributed by atoms with Crippen molar-refractivity contribution in [1.29, 1.82) is 0 Å². The lowest BCUT2D eigenvalue weighted by Crippen LogP contribution is -2.30. The van der Waals surface area contributed by atoms with Gasteiger partial charge in [-0.15, -0.1) is 0 Å². The zero-order valence-electron chi connectivity index (χ0n) is 20.3. The van der Waals surface area contributed by atoms with E-state index in [1.165, 1.54) is 25.3 Å². The van der Waals surface area contributed by atoms with Gasteiger partial charge in [0.15, 0.2) is 11.9 Å². The van der Waals surface area contributed by atoms with Gasteiger partial charge in [-0.2, -0.15) is 8.78 Å². The lowest BCUT2D eigenvalue weighted by Gasteiger charge is -2.17. The Kier molecular flexibility index (Phi) is 9.04. The van der Waals surface area contributed by atoms with E-state index in [4.69, 9.17) is 23.4 Å². The summed E-state index contributed by atoms with van der Waals surface area (Å²) in [6, 6.07) is 3.93. The van der Waals surface area contributed by atoms with Crippen LogP contribution < -0.4 is 15.1 Å². The van der Waals surface area contributed by atoms with Gasteiger partial charge in [-0.3, -0.25) is 4.79 Å². The van der Waals surface area contributed by atoms with Gasteiger partial charge >= 0.3 is 17.6 Å². The fourth-order valence-corrected chi connectivity index (χ4v) is 3.33. The van der Waals surface area contributed by atoms with E-state index < -0.39 is 58.5 Å². The Morgan fingerprint density at radius 2 is 1.58 bits per heavy atom. The Hall–Kier alpha value is -4.00. The van der Waals surface area contributed by atoms with Crippen molar-refractivity contribution in [3.05, 3.63) is 68.8 Å². The van der Waals surface area contributed by atoms with Gasteiger partial charge in [-0.25, -0.2) is 22.8 Å². The van der Waals surface area contributed by atoms with E-state index >= 15 is 0 Å². The van der Waals surface area contributed by atoms with Gasteiger partial charge in [-0.1, -0.05) is 0 Å². The highest BCUT2D eigenvalue weighted by molar-refractivity contribution is 5.85. The molecule has 0 saturated carbocycles. The monoisotopic (exact) mass is 544 g/mol. The molecular formula is C25H21F5O8. The number of carbonyl (C=O) groups is 2. The van der Waals surface area contributed by atoms with Crippen LogP contribution in [0.2, 0.25) is 0 Å². The predicted molar refractivity (Wildman–Crippen MR) is 120 cm³/mol. The summed E-state index contributed by atoms with van der Waals surface area (Å²) in [4.78, 5) is 36.5. The lowest BCUT2D eigenvalue weighted by molar-refractivity contribution is -0.144. The molecular weight excluding hydrogens is 523 g/mol. The first-order valence-electron chi connectivity index (χ1n) is 11.1. The van der Waals surface area contributed by atoms with E-state index in [0.717, 1.165) is 6.92 Å². The summed E-state index contributed by atoms with van der Waals surface area (Å²) in [5.41, 5.74) is 0.151. The average molecular weight is 544 g/mol. The number of ether oxygens (including phenoxy) is 4. The first kappa shape index (κ1) is 28.6. The maximum absolute atomic E-state index is 14.0. The van der Waals surface area contributed by atoms with Crippen molar-refractivity contribution in [2.45, 2.75) is 32.8 Å². The maximum Gasteiger partial charge on any atom is 0.352 e. The smallest absolute Gasteiger partial charge is 0.352 e. The van der Waals surface area contributed by atoms with Gasteiger partial charge in [0.2, 0.25) is 29.1 Å². The number of hydrogen-bond donors (Lipinski definition) is 0. The summed E-state index contributed by atoms with van der Waals surface area (Å²) in [7, 11) is 1.43. The van der Waals surface area contributed by atoms with E-state index in [0.29, 0.717) is 10.9 Å². The summed E-state index contributed by atoms with van der Waals surface area (Å²) >= 11 is 0. The first-order chi connectivity index (χ1) is 17.9. The van der Waals surface area contributed by atoms with Crippen molar-refractivity contribution in [3.8, 4) is 11.5 Å². The van der Waals surface area contributed by atoms with Crippen LogP contribution in [0.5, 0.6) is 11.5 Å². The number of benzene rings is 2. The standard InChI is InChI=1S/C25H21F5O8/c1-11-8-18(32)37-16-10-15(13(9-14(11)16)4-5-17(31)35-7-6-34-3)38-25(33)12(2)36-24-22(29)20(27)19(26)21(28)23(24)30/h8-10,12H,4-7H2,1-3H3. The normalized spacial score (nSPS) is 11.9. The number of aryl methyl sites for hydroxylation is 2. The van der Waals surface area contributed by atoms with E-state index in [1.807, 2.05) is 0 Å². The Balaban J connectivity index is 1.89. The highest BCUT2D eigenvalue weighted by Crippen LogP contribution is 2.31. The van der Waals surface area contributed by atoms with Crippen LogP contribution in [-0.4, -0.2) is 38.4 Å². The van der Waals surface area contributed by atoms with E-state index in [-0.39, 0.29) is 43.0 Å². The zero-order chi connectivity index (χ0) is 28.1. The molecule has 0 aliphatic heterocycles. The molecule has 204 valence electrons. The molecule has 0 aliphatic rings. The molecule has 1 heterocycles. The minimum Gasteiger partial charge on any atom is -0.473 e. The number of carbonyl (C=O) groups excluding carboxylic acids is 2. The third kappa shape index (κ3) is 6.28. The number of rotatable bonds is 10. The number of hydrogen-bond acceptors (Lipinski definition) is 8. The van der Waals surface area contributed by atoms with Crippen LogP contribution in [0.1, 0.15) is 24.5 Å². The summed E-state index contributed by atoms with van der Waals surface area (Å²) in [5, 5.41) is 0.470. The molecule has 0 N–H and O–H groups in total. The maximum atomic E-state index is 14.0. The van der Waals surface area contributed by atoms with E-state index in [1.54, 1.807) is 6.92 Å². The molecule has 0 radical (unpaired) electrons. The Morgan fingerprint density at radius 1 is 0.947 bits per heavy atom. The van der Waals surface area contributed by atoms with Gasteiger partial charge in [0.25, 0.3) is 0 Å². The fraction of sp³-hybridized carbons (Fsp3) is 0.320. The molecule has 38 heavy (non-hydrogen) atoms. The average Bonchev–Trinajstić information content (AvgIpc) is 2.87. The van der Waals surface area contributed by atoms with Gasteiger partial charge in [-0.05, 0) is 37.5 Å². The van der Waals surface area contributed by atoms with Crippen LogP contribution >= 0.6 is 0 Å². The second-order valence-corrected chi connectivity index (χ2v) is 8.00. The summed E-state index contributed by atoms with van der Waals surface area (Å²) in [5.74, 6) is -15.2. The van der Waals surface area contributed by atoms with Crippen LogP contribution in [0.4, 0.5) is 22.0 Å². The van der Waals surface area contributed by atoms with Crippen LogP contribution in [0.15, 0.2) is 27.4 Å². The van der Waals surface area contributed by atoms with Crippen molar-refractivity contribution >= 4 is 22.9 Å². The number of esters is 2. The van der Waals surface area contributed by atoms with Crippen LogP contribution in [0, 0.1) is 36.0 Å². The van der Waals surface area contributed by atoms with Crippen molar-refractivity contribution in [2.24, 2.45) is 0 Å². The van der Waals surface area contributed by atoms with E-state index in [9.17, 15) is 36.3 Å². The lowest BCUT2D eigenvalue weighted by atomic mass is 10.0. The minimum atomic E-state index is -2.39. The molecule has 0 fully saturated rings. The molecule has 3 aromatic rings. The Morgan fingerprint density at radius 3 is 2.21 bits per heavy atom. The SMILES string of the molecule is COCCOC(=O)CCc1cc2c(C)cc(=O)oc2cc1OC(=O)C(C)Oc1c(F)c(F)c(F)c(F)c1F. The minimum absolute atomic E-state index is 0.00415. The van der Waals surface area contributed by atoms with Gasteiger partial charge in [0, 0.05) is 31.0 Å². The van der Waals surface area contributed by atoms with E-state index in [2.05, 4.69) is 0 Å². The molecule has 0 aliphatic carbocycles. The number of fused-ring (bicyclic) bond motifs is 1. The molecule has 8 nitrogen and oxygen atoms in total. The summed E-state index contributed by atoms with van der Waals surface area (Å²) in [6.07, 6.45) is -2.00. The van der Waals surface area contributed by atoms with Crippen molar-refractivity contribution < 1.29 is 54.9 Å². The third-order valence-electron chi connectivity index (χ3n) is 5.29. The fourth-order valence-electron chi connectivity index (χ4n) is 3.33. The number of methoxy groups -OCH3 is 1. The molecule has 1 aromatic heterocycles. The predicted octanol–water partition coefficient (Wildman–Crippen LogP) is 4.29. The molecule has 0 amide bonds.